The predicted octanol–water partition coefficient (Wildman–Crippen LogP) is 4.55. The molecule has 4 nitrogen and oxygen atoms in total. The third-order valence-corrected chi connectivity index (χ3v) is 4.29. The quantitative estimate of drug-likeness (QED) is 0.675. The minimum atomic E-state index is -0.274. The zero-order chi connectivity index (χ0) is 19.2. The van der Waals surface area contributed by atoms with Crippen LogP contribution in [0.5, 0.6) is 0 Å². The molecule has 0 aliphatic rings. The molecule has 3 aromatic rings. The van der Waals surface area contributed by atoms with E-state index in [1.165, 1.54) is 11.6 Å². The molecule has 0 unspecified atom stereocenters. The number of benzene rings is 2. The molecule has 138 valence electrons. The maximum atomic E-state index is 13.6. The Morgan fingerprint density at radius 3 is 2.59 bits per heavy atom. The molecule has 0 aliphatic heterocycles. The molecule has 0 radical (unpaired) electrons. The fourth-order valence-electron chi connectivity index (χ4n) is 2.81. The number of nitrogens with one attached hydrogen (secondary N) is 2. The lowest BCUT2D eigenvalue weighted by Crippen LogP contribution is -2.26. The van der Waals surface area contributed by atoms with Crippen LogP contribution in [-0.2, 0) is 6.42 Å². The standard InChI is InChI=1S/C22H22FN3O/c1-15-7-9-20(16(2)13-15)26-18-8-10-21(25-14-18)22(27)24-12-11-17-5-3-4-6-19(17)23/h3-10,13-14,26H,11-12H2,1-2H3,(H,24,27). The van der Waals surface area contributed by atoms with Crippen molar-refractivity contribution in [3.8, 4) is 0 Å². The molecule has 1 heterocycles. The van der Waals surface area contributed by atoms with Crippen LogP contribution in [0.4, 0.5) is 15.8 Å². The van der Waals surface area contributed by atoms with Gasteiger partial charge in [-0.1, -0.05) is 35.9 Å². The normalized spacial score (nSPS) is 10.5. The summed E-state index contributed by atoms with van der Waals surface area (Å²) in [6.45, 7) is 4.45. The lowest BCUT2D eigenvalue weighted by molar-refractivity contribution is 0.0949. The molecule has 0 bridgehead atoms. The number of pyridine rings is 1. The Hall–Kier alpha value is -3.21. The number of carbonyl (C=O) groups is 1. The van der Waals surface area contributed by atoms with Gasteiger partial charge in [0.15, 0.2) is 0 Å². The number of amides is 1. The van der Waals surface area contributed by atoms with Crippen LogP contribution in [0.25, 0.3) is 0 Å². The number of anilines is 2. The molecule has 5 heteroatoms. The highest BCUT2D eigenvalue weighted by Crippen LogP contribution is 2.21. The van der Waals surface area contributed by atoms with Crippen molar-refractivity contribution in [2.24, 2.45) is 0 Å². The molecule has 3 rings (SSSR count). The first-order valence-electron chi connectivity index (χ1n) is 8.85. The SMILES string of the molecule is Cc1ccc(Nc2ccc(C(=O)NCCc3ccccc3F)nc2)c(C)c1. The van der Waals surface area contributed by atoms with E-state index in [2.05, 4.69) is 28.6 Å². The summed E-state index contributed by atoms with van der Waals surface area (Å²) in [5.41, 5.74) is 5.08. The van der Waals surface area contributed by atoms with Gasteiger partial charge in [-0.2, -0.15) is 0 Å². The summed E-state index contributed by atoms with van der Waals surface area (Å²) in [6, 6.07) is 16.2. The van der Waals surface area contributed by atoms with Gasteiger partial charge in [0, 0.05) is 12.2 Å². The first-order valence-corrected chi connectivity index (χ1v) is 8.85. The Balaban J connectivity index is 1.56. The zero-order valence-corrected chi connectivity index (χ0v) is 15.4. The second-order valence-corrected chi connectivity index (χ2v) is 6.47. The third kappa shape index (κ3) is 4.91. The van der Waals surface area contributed by atoms with Crippen LogP contribution in [0.2, 0.25) is 0 Å². The van der Waals surface area contributed by atoms with E-state index < -0.39 is 0 Å². The molecule has 27 heavy (non-hydrogen) atoms. The van der Waals surface area contributed by atoms with Crippen LogP contribution in [0.1, 0.15) is 27.2 Å². The third-order valence-electron chi connectivity index (χ3n) is 4.29. The molecular weight excluding hydrogens is 341 g/mol. The van der Waals surface area contributed by atoms with Gasteiger partial charge in [-0.15, -0.1) is 0 Å². The number of rotatable bonds is 6. The lowest BCUT2D eigenvalue weighted by Gasteiger charge is -2.10. The summed E-state index contributed by atoms with van der Waals surface area (Å²) in [5.74, 6) is -0.531. The van der Waals surface area contributed by atoms with E-state index in [1.807, 2.05) is 25.1 Å². The van der Waals surface area contributed by atoms with Gasteiger partial charge < -0.3 is 10.6 Å². The van der Waals surface area contributed by atoms with Crippen molar-refractivity contribution in [1.29, 1.82) is 0 Å². The topological polar surface area (TPSA) is 54.0 Å². The van der Waals surface area contributed by atoms with Gasteiger partial charge in [0.05, 0.1) is 11.9 Å². The molecule has 2 N–H and O–H groups in total. The minimum absolute atomic E-state index is 0.258. The van der Waals surface area contributed by atoms with Crippen molar-refractivity contribution >= 4 is 17.3 Å². The van der Waals surface area contributed by atoms with Crippen LogP contribution in [0, 0.1) is 19.7 Å². The van der Waals surface area contributed by atoms with Gasteiger partial charge in [-0.05, 0) is 55.7 Å². The van der Waals surface area contributed by atoms with Crippen LogP contribution in [0.3, 0.4) is 0 Å². The molecule has 2 aromatic carbocycles. The second-order valence-electron chi connectivity index (χ2n) is 6.47. The summed E-state index contributed by atoms with van der Waals surface area (Å²) < 4.78 is 13.6. The summed E-state index contributed by atoms with van der Waals surface area (Å²) in [6.07, 6.45) is 2.07. The molecular formula is C22H22FN3O. The highest BCUT2D eigenvalue weighted by atomic mass is 19.1. The van der Waals surface area contributed by atoms with Gasteiger partial charge in [-0.3, -0.25) is 4.79 Å². The first-order chi connectivity index (χ1) is 13.0. The van der Waals surface area contributed by atoms with E-state index in [9.17, 15) is 9.18 Å². The van der Waals surface area contributed by atoms with Gasteiger partial charge in [0.1, 0.15) is 11.5 Å². The van der Waals surface area contributed by atoms with Gasteiger partial charge in [0.2, 0.25) is 0 Å². The fraction of sp³-hybridized carbons (Fsp3) is 0.182. The summed E-state index contributed by atoms with van der Waals surface area (Å²) in [5, 5.41) is 6.07. The largest absolute Gasteiger partial charge is 0.354 e. The number of hydrogen-bond donors (Lipinski definition) is 2. The number of nitrogens with zero attached hydrogens (tertiary/aromatic N) is 1. The van der Waals surface area contributed by atoms with E-state index in [0.717, 1.165) is 16.9 Å². The maximum Gasteiger partial charge on any atom is 0.269 e. The van der Waals surface area contributed by atoms with E-state index in [4.69, 9.17) is 0 Å². The average Bonchev–Trinajstić information content (AvgIpc) is 2.66. The number of carbonyl (C=O) groups excluding carboxylic acids is 1. The smallest absolute Gasteiger partial charge is 0.269 e. The minimum Gasteiger partial charge on any atom is -0.354 e. The molecule has 0 spiro atoms. The average molecular weight is 363 g/mol. The van der Waals surface area contributed by atoms with Crippen LogP contribution < -0.4 is 10.6 Å². The second kappa shape index (κ2) is 8.45. The Morgan fingerprint density at radius 2 is 1.89 bits per heavy atom. The fourth-order valence-corrected chi connectivity index (χ4v) is 2.81. The number of hydrogen-bond acceptors (Lipinski definition) is 3. The highest BCUT2D eigenvalue weighted by molar-refractivity contribution is 5.92. The van der Waals surface area contributed by atoms with Crippen LogP contribution in [-0.4, -0.2) is 17.4 Å². The lowest BCUT2D eigenvalue weighted by atomic mass is 10.1. The first kappa shape index (κ1) is 18.6. The van der Waals surface area contributed by atoms with Crippen molar-refractivity contribution in [3.63, 3.8) is 0 Å². The Morgan fingerprint density at radius 1 is 1.07 bits per heavy atom. The van der Waals surface area contributed by atoms with Gasteiger partial charge in [-0.25, -0.2) is 9.37 Å². The van der Waals surface area contributed by atoms with Crippen molar-refractivity contribution in [1.82, 2.24) is 10.3 Å². The van der Waals surface area contributed by atoms with E-state index in [-0.39, 0.29) is 11.7 Å². The van der Waals surface area contributed by atoms with Crippen molar-refractivity contribution < 1.29 is 9.18 Å². The molecule has 0 fully saturated rings. The van der Waals surface area contributed by atoms with Gasteiger partial charge in [0.25, 0.3) is 5.91 Å². The van der Waals surface area contributed by atoms with Crippen molar-refractivity contribution in [2.45, 2.75) is 20.3 Å². The maximum absolute atomic E-state index is 13.6. The Labute approximate surface area is 158 Å². The van der Waals surface area contributed by atoms with E-state index in [0.29, 0.717) is 24.2 Å². The molecule has 1 aromatic heterocycles. The monoisotopic (exact) mass is 363 g/mol. The molecule has 0 saturated heterocycles. The van der Waals surface area contributed by atoms with Crippen molar-refractivity contribution in [3.05, 3.63) is 89.0 Å². The van der Waals surface area contributed by atoms with E-state index in [1.54, 1.807) is 30.5 Å². The highest BCUT2D eigenvalue weighted by Gasteiger charge is 2.08. The van der Waals surface area contributed by atoms with Gasteiger partial charge >= 0.3 is 0 Å². The number of halogens is 1. The predicted molar refractivity (Wildman–Crippen MR) is 106 cm³/mol. The molecule has 0 saturated carbocycles. The molecule has 0 atom stereocenters. The number of aryl methyl sites for hydroxylation is 2. The summed E-state index contributed by atoms with van der Waals surface area (Å²) in [4.78, 5) is 16.4. The molecule has 0 aliphatic carbocycles. The number of aromatic nitrogens is 1. The summed E-state index contributed by atoms with van der Waals surface area (Å²) >= 11 is 0. The molecule has 1 amide bonds. The summed E-state index contributed by atoms with van der Waals surface area (Å²) in [7, 11) is 0. The van der Waals surface area contributed by atoms with Crippen molar-refractivity contribution in [2.75, 3.05) is 11.9 Å². The van der Waals surface area contributed by atoms with Crippen LogP contribution >= 0.6 is 0 Å². The van der Waals surface area contributed by atoms with E-state index >= 15 is 0 Å². The Kier molecular flexibility index (Phi) is 5.81. The Bertz CT molecular complexity index is 939. The van der Waals surface area contributed by atoms with Crippen LogP contribution in [0.15, 0.2) is 60.8 Å². The zero-order valence-electron chi connectivity index (χ0n) is 15.4.